The van der Waals surface area contributed by atoms with Gasteiger partial charge in [-0.05, 0) is 17.5 Å². The van der Waals surface area contributed by atoms with Crippen LogP contribution in [0.5, 0.6) is 0 Å². The highest BCUT2D eigenvalue weighted by Gasteiger charge is 2.25. The molecule has 0 spiro atoms. The Labute approximate surface area is 147 Å². The van der Waals surface area contributed by atoms with E-state index in [1.165, 1.54) is 5.56 Å². The van der Waals surface area contributed by atoms with Crippen molar-refractivity contribution >= 4 is 17.4 Å². The van der Waals surface area contributed by atoms with E-state index in [-0.39, 0.29) is 5.15 Å². The van der Waals surface area contributed by atoms with Crippen molar-refractivity contribution in [1.82, 2.24) is 9.88 Å². The van der Waals surface area contributed by atoms with Crippen molar-refractivity contribution in [3.8, 4) is 6.07 Å². The Morgan fingerprint density at radius 3 is 2.83 bits per heavy atom. The zero-order valence-corrected chi connectivity index (χ0v) is 14.2. The molecular formula is C19H19ClN4. The van der Waals surface area contributed by atoms with E-state index in [1.807, 2.05) is 6.07 Å². The van der Waals surface area contributed by atoms with E-state index >= 15 is 0 Å². The number of aromatic nitrogens is 1. The number of nitrogens with zero attached hydrogens (tertiary/aromatic N) is 3. The molecule has 1 aromatic carbocycles. The highest BCUT2D eigenvalue weighted by atomic mass is 35.5. The van der Waals surface area contributed by atoms with Crippen LogP contribution >= 0.6 is 11.6 Å². The van der Waals surface area contributed by atoms with E-state index in [9.17, 15) is 5.26 Å². The lowest BCUT2D eigenvalue weighted by atomic mass is 9.96. The third-order valence-electron chi connectivity index (χ3n) is 4.20. The third-order valence-corrected chi connectivity index (χ3v) is 4.48. The van der Waals surface area contributed by atoms with Crippen molar-refractivity contribution in [3.63, 3.8) is 0 Å². The molecule has 5 heteroatoms. The van der Waals surface area contributed by atoms with Gasteiger partial charge in [0.25, 0.3) is 0 Å². The van der Waals surface area contributed by atoms with Crippen LogP contribution in [0.3, 0.4) is 0 Å². The molecule has 1 aromatic heterocycles. The maximum atomic E-state index is 9.42. The summed E-state index contributed by atoms with van der Waals surface area (Å²) in [7, 11) is 0. The molecule has 1 N–H and O–H groups in total. The average Bonchev–Trinajstić information content (AvgIpc) is 2.61. The fraction of sp³-hybridized carbons (Fsp3) is 0.263. The van der Waals surface area contributed by atoms with Crippen LogP contribution in [0.25, 0.3) is 0 Å². The summed E-state index contributed by atoms with van der Waals surface area (Å²) in [6.45, 7) is 6.87. The molecule has 0 saturated heterocycles. The molecule has 122 valence electrons. The fourth-order valence-corrected chi connectivity index (χ4v) is 3.30. The average molecular weight is 339 g/mol. The van der Waals surface area contributed by atoms with E-state index in [4.69, 9.17) is 11.6 Å². The number of rotatable bonds is 5. The number of fused-ring (bicyclic) bond motifs is 1. The van der Waals surface area contributed by atoms with Crippen LogP contribution in [-0.2, 0) is 19.5 Å². The number of hydrogen-bond donors (Lipinski definition) is 1. The van der Waals surface area contributed by atoms with E-state index in [1.54, 1.807) is 6.08 Å². The lowest BCUT2D eigenvalue weighted by Gasteiger charge is -2.30. The largest absolute Gasteiger partial charge is 0.366 e. The first-order valence-corrected chi connectivity index (χ1v) is 8.33. The van der Waals surface area contributed by atoms with E-state index in [2.05, 4.69) is 52.1 Å². The van der Waals surface area contributed by atoms with Gasteiger partial charge in [0.1, 0.15) is 17.0 Å². The van der Waals surface area contributed by atoms with Gasteiger partial charge in [-0.15, -0.1) is 6.58 Å². The Hall–Kier alpha value is -2.35. The normalized spacial score (nSPS) is 13.8. The molecular weight excluding hydrogens is 320 g/mol. The molecule has 1 aliphatic rings. The first-order chi connectivity index (χ1) is 11.7. The molecule has 0 unspecified atom stereocenters. The Bertz CT molecular complexity index is 780. The number of nitriles is 1. The number of nitrogens with one attached hydrogen (secondary N) is 1. The topological polar surface area (TPSA) is 52.0 Å². The van der Waals surface area contributed by atoms with Crippen molar-refractivity contribution < 1.29 is 0 Å². The number of benzene rings is 1. The second-order valence-corrected chi connectivity index (χ2v) is 6.17. The quantitative estimate of drug-likeness (QED) is 0.666. The molecule has 2 heterocycles. The highest BCUT2D eigenvalue weighted by molar-refractivity contribution is 6.30. The van der Waals surface area contributed by atoms with Gasteiger partial charge in [0.05, 0.1) is 5.56 Å². The maximum Gasteiger partial charge on any atom is 0.149 e. The number of halogens is 1. The first kappa shape index (κ1) is 16.5. The molecule has 0 bridgehead atoms. The van der Waals surface area contributed by atoms with Crippen molar-refractivity contribution in [2.75, 3.05) is 18.4 Å². The molecule has 0 aliphatic carbocycles. The lowest BCUT2D eigenvalue weighted by molar-refractivity contribution is 0.245. The van der Waals surface area contributed by atoms with Gasteiger partial charge >= 0.3 is 0 Å². The molecule has 0 radical (unpaired) electrons. The molecule has 24 heavy (non-hydrogen) atoms. The summed E-state index contributed by atoms with van der Waals surface area (Å²) in [4.78, 5) is 6.76. The zero-order valence-electron chi connectivity index (χ0n) is 13.4. The minimum atomic E-state index is 0.277. The Kier molecular flexibility index (Phi) is 5.14. The predicted molar refractivity (Wildman–Crippen MR) is 96.9 cm³/mol. The molecule has 3 rings (SSSR count). The van der Waals surface area contributed by atoms with Crippen molar-refractivity contribution in [2.45, 2.75) is 19.5 Å². The monoisotopic (exact) mass is 338 g/mol. The zero-order chi connectivity index (χ0) is 16.9. The highest BCUT2D eigenvalue weighted by Crippen LogP contribution is 2.32. The standard InChI is InChI=1S/C19H19ClN4/c1-2-9-22-19-17-13-24(12-14-6-4-3-5-7-14)10-8-15(17)16(11-21)18(20)23-19/h2-7H,1,8-10,12-13H2,(H,22,23). The molecule has 4 nitrogen and oxygen atoms in total. The van der Waals surface area contributed by atoms with Gasteiger partial charge in [-0.25, -0.2) is 4.98 Å². The summed E-state index contributed by atoms with van der Waals surface area (Å²) >= 11 is 6.20. The maximum absolute atomic E-state index is 9.42. The van der Waals surface area contributed by atoms with Crippen molar-refractivity contribution in [3.05, 3.63) is 70.4 Å². The van der Waals surface area contributed by atoms with Gasteiger partial charge in [0, 0.05) is 31.7 Å². The van der Waals surface area contributed by atoms with Gasteiger partial charge in [-0.3, -0.25) is 4.90 Å². The van der Waals surface area contributed by atoms with Gasteiger partial charge < -0.3 is 5.32 Å². The van der Waals surface area contributed by atoms with E-state index in [0.717, 1.165) is 43.0 Å². The van der Waals surface area contributed by atoms with Crippen molar-refractivity contribution in [2.24, 2.45) is 0 Å². The van der Waals surface area contributed by atoms with Crippen LogP contribution in [0, 0.1) is 11.3 Å². The summed E-state index contributed by atoms with van der Waals surface area (Å²) in [6.07, 6.45) is 2.58. The number of anilines is 1. The van der Waals surface area contributed by atoms with E-state index in [0.29, 0.717) is 12.1 Å². The number of pyridine rings is 1. The van der Waals surface area contributed by atoms with Crippen LogP contribution in [0.15, 0.2) is 43.0 Å². The Morgan fingerprint density at radius 1 is 1.33 bits per heavy atom. The van der Waals surface area contributed by atoms with Crippen LogP contribution < -0.4 is 5.32 Å². The summed E-state index contributed by atoms with van der Waals surface area (Å²) in [5.74, 6) is 0.756. The molecule has 0 saturated carbocycles. The van der Waals surface area contributed by atoms with Gasteiger partial charge in [0.15, 0.2) is 0 Å². The fourth-order valence-electron chi connectivity index (χ4n) is 3.06. The van der Waals surface area contributed by atoms with Gasteiger partial charge in [0.2, 0.25) is 0 Å². The Balaban J connectivity index is 1.90. The second kappa shape index (κ2) is 7.48. The third kappa shape index (κ3) is 3.43. The second-order valence-electron chi connectivity index (χ2n) is 5.81. The minimum absolute atomic E-state index is 0.277. The molecule has 2 aromatic rings. The minimum Gasteiger partial charge on any atom is -0.366 e. The number of hydrogen-bond acceptors (Lipinski definition) is 4. The van der Waals surface area contributed by atoms with Crippen LogP contribution in [0.1, 0.15) is 22.3 Å². The van der Waals surface area contributed by atoms with Gasteiger partial charge in [-0.1, -0.05) is 48.0 Å². The van der Waals surface area contributed by atoms with Crippen LogP contribution in [0.2, 0.25) is 5.15 Å². The summed E-state index contributed by atoms with van der Waals surface area (Å²) in [5.41, 5.74) is 3.88. The summed E-state index contributed by atoms with van der Waals surface area (Å²) in [5, 5.41) is 12.9. The lowest BCUT2D eigenvalue weighted by Crippen LogP contribution is -2.31. The molecule has 0 atom stereocenters. The molecule has 0 fully saturated rings. The van der Waals surface area contributed by atoms with Crippen molar-refractivity contribution in [1.29, 1.82) is 5.26 Å². The smallest absolute Gasteiger partial charge is 0.149 e. The predicted octanol–water partition coefficient (Wildman–Crippen LogP) is 3.76. The molecule has 1 aliphatic heterocycles. The van der Waals surface area contributed by atoms with Crippen LogP contribution in [-0.4, -0.2) is 23.0 Å². The first-order valence-electron chi connectivity index (χ1n) is 7.95. The van der Waals surface area contributed by atoms with Crippen LogP contribution in [0.4, 0.5) is 5.82 Å². The SMILES string of the molecule is C=CCNc1nc(Cl)c(C#N)c2c1CN(Cc1ccccc1)CC2. The summed E-state index contributed by atoms with van der Waals surface area (Å²) in [6, 6.07) is 12.6. The summed E-state index contributed by atoms with van der Waals surface area (Å²) < 4.78 is 0. The molecule has 0 amide bonds. The Morgan fingerprint density at radius 2 is 2.12 bits per heavy atom. The van der Waals surface area contributed by atoms with Gasteiger partial charge in [-0.2, -0.15) is 5.26 Å². The van der Waals surface area contributed by atoms with E-state index < -0.39 is 0 Å².